The predicted molar refractivity (Wildman–Crippen MR) is 85.5 cm³/mol. The van der Waals surface area contributed by atoms with Crippen molar-refractivity contribution in [3.63, 3.8) is 0 Å². The molecule has 0 aromatic rings. The predicted octanol–water partition coefficient (Wildman–Crippen LogP) is 1.31. The van der Waals surface area contributed by atoms with Crippen LogP contribution in [0.2, 0.25) is 0 Å². The molecule has 0 amide bonds. The van der Waals surface area contributed by atoms with Crippen LogP contribution in [-0.4, -0.2) is 45.8 Å². The molecule has 0 saturated carbocycles. The number of unbranched alkanes of at least 4 members (excludes halogenated alkanes) is 1. The maximum Gasteiger partial charge on any atom is 0.0179 e. The third-order valence-electron chi connectivity index (χ3n) is 2.91. The molecule has 1 unspecified atom stereocenters. The van der Waals surface area contributed by atoms with Crippen LogP contribution >= 0.6 is 0 Å². The van der Waals surface area contributed by atoms with E-state index in [0.29, 0.717) is 5.92 Å². The van der Waals surface area contributed by atoms with Crippen LogP contribution < -0.4 is 21.3 Å². The highest BCUT2D eigenvalue weighted by Gasteiger charge is 1.99. The van der Waals surface area contributed by atoms with E-state index < -0.39 is 0 Å². The molecular formula is C15H34N4. The molecule has 114 valence electrons. The highest BCUT2D eigenvalue weighted by atomic mass is 14.9. The molecule has 0 heterocycles. The van der Waals surface area contributed by atoms with Crippen LogP contribution in [-0.2, 0) is 0 Å². The van der Waals surface area contributed by atoms with E-state index in [1.54, 1.807) is 0 Å². The Morgan fingerprint density at radius 1 is 0.895 bits per heavy atom. The summed E-state index contributed by atoms with van der Waals surface area (Å²) in [4.78, 5) is 0. The van der Waals surface area contributed by atoms with Gasteiger partial charge in [0.1, 0.15) is 0 Å². The summed E-state index contributed by atoms with van der Waals surface area (Å²) in [5.41, 5.74) is 0. The highest BCUT2D eigenvalue weighted by molar-refractivity contribution is 4.82. The summed E-state index contributed by atoms with van der Waals surface area (Å²) in [5, 5.41) is 13.5. The van der Waals surface area contributed by atoms with Crippen LogP contribution in [0.3, 0.4) is 0 Å². The first-order chi connectivity index (χ1) is 9.31. The minimum absolute atomic E-state index is 0.664. The van der Waals surface area contributed by atoms with Gasteiger partial charge in [-0.1, -0.05) is 26.8 Å². The number of likely N-dealkylation sites (N-methyl/N-ethyl adjacent to an activating group) is 1. The summed E-state index contributed by atoms with van der Waals surface area (Å²) >= 11 is 0. The van der Waals surface area contributed by atoms with Crippen molar-refractivity contribution in [1.82, 2.24) is 21.3 Å². The van der Waals surface area contributed by atoms with E-state index in [4.69, 9.17) is 0 Å². The van der Waals surface area contributed by atoms with Crippen molar-refractivity contribution in [2.24, 2.45) is 5.92 Å². The SMILES string of the molecule is CCNC/C=C/NCC(C)CNCCCCNCC. The summed E-state index contributed by atoms with van der Waals surface area (Å²) < 4.78 is 0. The fourth-order valence-corrected chi connectivity index (χ4v) is 1.74. The zero-order valence-corrected chi connectivity index (χ0v) is 13.1. The monoisotopic (exact) mass is 270 g/mol. The summed E-state index contributed by atoms with van der Waals surface area (Å²) in [6, 6.07) is 0. The Hall–Kier alpha value is -0.580. The molecule has 19 heavy (non-hydrogen) atoms. The van der Waals surface area contributed by atoms with Gasteiger partial charge in [-0.15, -0.1) is 0 Å². The Morgan fingerprint density at radius 3 is 2.26 bits per heavy atom. The lowest BCUT2D eigenvalue weighted by atomic mass is 10.2. The maximum atomic E-state index is 3.52. The van der Waals surface area contributed by atoms with Gasteiger partial charge in [0.05, 0.1) is 0 Å². The average molecular weight is 270 g/mol. The highest BCUT2D eigenvalue weighted by Crippen LogP contribution is 1.91. The Bertz CT molecular complexity index is 195. The van der Waals surface area contributed by atoms with Crippen molar-refractivity contribution in [3.05, 3.63) is 12.3 Å². The van der Waals surface area contributed by atoms with Crippen molar-refractivity contribution in [2.75, 3.05) is 45.8 Å². The Balaban J connectivity index is 3.20. The van der Waals surface area contributed by atoms with Gasteiger partial charge in [0.25, 0.3) is 0 Å². The summed E-state index contributed by atoms with van der Waals surface area (Å²) in [5.74, 6) is 0.664. The van der Waals surface area contributed by atoms with Crippen molar-refractivity contribution in [3.8, 4) is 0 Å². The molecule has 0 rings (SSSR count). The lowest BCUT2D eigenvalue weighted by Gasteiger charge is -2.12. The van der Waals surface area contributed by atoms with Crippen LogP contribution in [0.15, 0.2) is 12.3 Å². The first-order valence-corrected chi connectivity index (χ1v) is 7.81. The molecule has 0 aromatic heterocycles. The summed E-state index contributed by atoms with van der Waals surface area (Å²) in [7, 11) is 0. The largest absolute Gasteiger partial charge is 0.391 e. The summed E-state index contributed by atoms with van der Waals surface area (Å²) in [6.07, 6.45) is 6.70. The van der Waals surface area contributed by atoms with Crippen molar-refractivity contribution in [1.29, 1.82) is 0 Å². The second-order valence-electron chi connectivity index (χ2n) is 4.99. The number of hydrogen-bond donors (Lipinski definition) is 4. The van der Waals surface area contributed by atoms with Crippen LogP contribution in [0.1, 0.15) is 33.6 Å². The Morgan fingerprint density at radius 2 is 1.58 bits per heavy atom. The minimum Gasteiger partial charge on any atom is -0.391 e. The van der Waals surface area contributed by atoms with Gasteiger partial charge >= 0.3 is 0 Å². The molecular weight excluding hydrogens is 236 g/mol. The van der Waals surface area contributed by atoms with Crippen LogP contribution in [0, 0.1) is 5.92 Å². The van der Waals surface area contributed by atoms with Gasteiger partial charge < -0.3 is 21.3 Å². The van der Waals surface area contributed by atoms with E-state index in [1.165, 1.54) is 12.8 Å². The number of rotatable bonds is 14. The molecule has 0 aromatic carbocycles. The van der Waals surface area contributed by atoms with Crippen LogP contribution in [0.4, 0.5) is 0 Å². The summed E-state index contributed by atoms with van der Waals surface area (Å²) in [6.45, 7) is 14.0. The first-order valence-electron chi connectivity index (χ1n) is 7.81. The molecule has 0 radical (unpaired) electrons. The average Bonchev–Trinajstić information content (AvgIpc) is 2.41. The van der Waals surface area contributed by atoms with Gasteiger partial charge in [-0.05, 0) is 57.7 Å². The van der Waals surface area contributed by atoms with E-state index in [1.807, 2.05) is 0 Å². The normalized spacial score (nSPS) is 13.0. The zero-order chi connectivity index (χ0) is 14.2. The van der Waals surface area contributed by atoms with E-state index in [0.717, 1.165) is 45.8 Å². The van der Waals surface area contributed by atoms with Crippen molar-refractivity contribution >= 4 is 0 Å². The smallest absolute Gasteiger partial charge is 0.0179 e. The van der Waals surface area contributed by atoms with Gasteiger partial charge in [-0.2, -0.15) is 0 Å². The first kappa shape index (κ1) is 18.4. The second kappa shape index (κ2) is 15.5. The Labute approximate surface area is 119 Å². The van der Waals surface area contributed by atoms with E-state index in [-0.39, 0.29) is 0 Å². The third kappa shape index (κ3) is 15.4. The number of hydrogen-bond acceptors (Lipinski definition) is 4. The molecule has 0 spiro atoms. The fraction of sp³-hybridized carbons (Fsp3) is 0.867. The molecule has 0 aliphatic heterocycles. The Kier molecular flexibility index (Phi) is 15.0. The molecule has 0 saturated heterocycles. The van der Waals surface area contributed by atoms with Gasteiger partial charge in [0.15, 0.2) is 0 Å². The molecule has 1 atom stereocenters. The number of nitrogens with one attached hydrogen (secondary N) is 4. The van der Waals surface area contributed by atoms with Crippen LogP contribution in [0.5, 0.6) is 0 Å². The fourth-order valence-electron chi connectivity index (χ4n) is 1.74. The molecule has 4 N–H and O–H groups in total. The molecule has 0 fully saturated rings. The quantitative estimate of drug-likeness (QED) is 0.360. The van der Waals surface area contributed by atoms with Crippen molar-refractivity contribution < 1.29 is 0 Å². The van der Waals surface area contributed by atoms with Gasteiger partial charge in [0.2, 0.25) is 0 Å². The maximum absolute atomic E-state index is 3.52. The van der Waals surface area contributed by atoms with Gasteiger partial charge in [0, 0.05) is 13.1 Å². The van der Waals surface area contributed by atoms with Crippen molar-refractivity contribution in [2.45, 2.75) is 33.6 Å². The molecule has 4 heteroatoms. The van der Waals surface area contributed by atoms with Crippen LogP contribution in [0.25, 0.3) is 0 Å². The molecule has 4 nitrogen and oxygen atoms in total. The lowest BCUT2D eigenvalue weighted by Crippen LogP contribution is -2.28. The standard InChI is InChI=1S/C15H34N4/c1-4-16-9-6-7-10-18-13-15(3)14-19-12-8-11-17-5-2/h8,12,15-19H,4-7,9-11,13-14H2,1-3H3/b12-8+. The van der Waals surface area contributed by atoms with Gasteiger partial charge in [-0.25, -0.2) is 0 Å². The lowest BCUT2D eigenvalue weighted by molar-refractivity contribution is 0.488. The molecule has 0 bridgehead atoms. The molecule has 0 aliphatic rings. The molecule has 0 aliphatic carbocycles. The third-order valence-corrected chi connectivity index (χ3v) is 2.91. The van der Waals surface area contributed by atoms with E-state index in [2.05, 4.69) is 54.3 Å². The van der Waals surface area contributed by atoms with E-state index >= 15 is 0 Å². The topological polar surface area (TPSA) is 48.1 Å². The van der Waals surface area contributed by atoms with Gasteiger partial charge in [-0.3, -0.25) is 0 Å². The second-order valence-corrected chi connectivity index (χ2v) is 4.99. The van der Waals surface area contributed by atoms with E-state index in [9.17, 15) is 0 Å². The minimum atomic E-state index is 0.664. The zero-order valence-electron chi connectivity index (χ0n) is 13.1.